The minimum Gasteiger partial charge on any atom is -0.455 e. The van der Waals surface area contributed by atoms with E-state index in [0.29, 0.717) is 17.5 Å². The molecule has 4 heteroatoms. The number of rotatable bonds is 5. The second kappa shape index (κ2) is 11.9. The molecule has 4 nitrogen and oxygen atoms in total. The third kappa shape index (κ3) is 4.96. The second-order valence-corrected chi connectivity index (χ2v) is 12.8. The third-order valence-corrected chi connectivity index (χ3v) is 9.75. The number of fused-ring (bicyclic) bond motifs is 6. The van der Waals surface area contributed by atoms with Gasteiger partial charge in [0, 0.05) is 33.0 Å². The molecule has 8 aromatic carbocycles. The fourth-order valence-corrected chi connectivity index (χ4v) is 7.29. The molecule has 0 atom stereocenters. The zero-order chi connectivity index (χ0) is 33.7. The molecule has 0 bridgehead atoms. The number of furan rings is 1. The van der Waals surface area contributed by atoms with Crippen LogP contribution in [-0.2, 0) is 0 Å². The lowest BCUT2D eigenvalue weighted by molar-refractivity contribution is 0.670. The first-order valence-corrected chi connectivity index (χ1v) is 17.1. The van der Waals surface area contributed by atoms with Crippen LogP contribution in [-0.4, -0.2) is 15.0 Å². The van der Waals surface area contributed by atoms with E-state index in [9.17, 15) is 0 Å². The first-order chi connectivity index (χ1) is 25.3. The van der Waals surface area contributed by atoms with Gasteiger partial charge in [-0.25, -0.2) is 15.0 Å². The van der Waals surface area contributed by atoms with Crippen molar-refractivity contribution >= 4 is 43.5 Å². The third-order valence-electron chi connectivity index (χ3n) is 9.75. The molecule has 10 rings (SSSR count). The van der Waals surface area contributed by atoms with Gasteiger partial charge < -0.3 is 4.42 Å². The van der Waals surface area contributed by atoms with Crippen LogP contribution in [0.4, 0.5) is 0 Å². The molecular weight excluding hydrogens is 623 g/mol. The van der Waals surface area contributed by atoms with E-state index in [4.69, 9.17) is 19.4 Å². The molecule has 0 radical (unpaired) electrons. The fraction of sp³-hybridized carbons (Fsp3) is 0. The van der Waals surface area contributed by atoms with Gasteiger partial charge in [-0.05, 0) is 62.5 Å². The lowest BCUT2D eigenvalue weighted by atomic mass is 9.96. The van der Waals surface area contributed by atoms with E-state index in [1.165, 1.54) is 21.9 Å². The van der Waals surface area contributed by atoms with Gasteiger partial charge in [-0.15, -0.1) is 0 Å². The normalized spacial score (nSPS) is 11.5. The SMILES string of the molecule is c1ccc(-c2ccc(-c3ccc(-c4nc(-c5ccccc5)nc(-c5cc6ccccc6c6ccccc56)n4)c4c3oc3ccccc34)cc2)cc1. The maximum absolute atomic E-state index is 6.68. The number of hydrogen-bond acceptors (Lipinski definition) is 4. The Balaban J connectivity index is 1.22. The molecule has 0 unspecified atom stereocenters. The van der Waals surface area contributed by atoms with Crippen LogP contribution >= 0.6 is 0 Å². The van der Waals surface area contributed by atoms with Gasteiger partial charge in [0.2, 0.25) is 0 Å². The summed E-state index contributed by atoms with van der Waals surface area (Å²) in [5.74, 6) is 1.84. The zero-order valence-corrected chi connectivity index (χ0v) is 27.5. The summed E-state index contributed by atoms with van der Waals surface area (Å²) in [6.45, 7) is 0. The molecular formula is C47H29N3O. The average molecular weight is 652 g/mol. The Morgan fingerprint density at radius 3 is 1.63 bits per heavy atom. The van der Waals surface area contributed by atoms with Crippen LogP contribution in [0.15, 0.2) is 180 Å². The van der Waals surface area contributed by atoms with E-state index in [0.717, 1.165) is 60.5 Å². The summed E-state index contributed by atoms with van der Waals surface area (Å²) in [5, 5.41) is 6.60. The number of benzene rings is 8. The molecule has 2 aromatic heterocycles. The van der Waals surface area contributed by atoms with Crippen molar-refractivity contribution in [1.82, 2.24) is 15.0 Å². The molecule has 0 saturated carbocycles. The standard InChI is InChI=1S/C47H29N3O/c1-3-13-30(14-4-1)31-23-25-32(26-24-31)36-27-28-40(43-39-21-11-12-22-42(39)51-44(36)43)46-48-45(33-15-5-2-6-16-33)49-47(50-46)41-29-34-17-7-8-18-35(34)37-19-9-10-20-38(37)41/h1-29H. The van der Waals surface area contributed by atoms with Crippen molar-refractivity contribution in [2.24, 2.45) is 0 Å². The number of aromatic nitrogens is 3. The van der Waals surface area contributed by atoms with Crippen molar-refractivity contribution in [3.63, 3.8) is 0 Å². The van der Waals surface area contributed by atoms with Gasteiger partial charge in [-0.3, -0.25) is 0 Å². The number of para-hydroxylation sites is 1. The zero-order valence-electron chi connectivity index (χ0n) is 27.5. The van der Waals surface area contributed by atoms with Crippen molar-refractivity contribution in [3.8, 4) is 56.4 Å². The second-order valence-electron chi connectivity index (χ2n) is 12.8. The van der Waals surface area contributed by atoms with Gasteiger partial charge in [0.25, 0.3) is 0 Å². The van der Waals surface area contributed by atoms with Crippen LogP contribution in [0.1, 0.15) is 0 Å². The van der Waals surface area contributed by atoms with Crippen LogP contribution in [0.3, 0.4) is 0 Å². The highest BCUT2D eigenvalue weighted by molar-refractivity contribution is 6.16. The molecule has 0 amide bonds. The summed E-state index contributed by atoms with van der Waals surface area (Å²) >= 11 is 0. The topological polar surface area (TPSA) is 51.8 Å². The highest BCUT2D eigenvalue weighted by atomic mass is 16.3. The van der Waals surface area contributed by atoms with Gasteiger partial charge in [0.15, 0.2) is 17.5 Å². The quantitative estimate of drug-likeness (QED) is 0.174. The average Bonchev–Trinajstić information content (AvgIpc) is 3.61. The summed E-state index contributed by atoms with van der Waals surface area (Å²) in [6.07, 6.45) is 0. The first kappa shape index (κ1) is 29.0. The van der Waals surface area contributed by atoms with Gasteiger partial charge >= 0.3 is 0 Å². The Kier molecular flexibility index (Phi) is 6.78. The first-order valence-electron chi connectivity index (χ1n) is 17.1. The summed E-state index contributed by atoms with van der Waals surface area (Å²) in [4.78, 5) is 15.6. The molecule has 0 aliphatic rings. The van der Waals surface area contributed by atoms with Crippen LogP contribution in [0, 0.1) is 0 Å². The van der Waals surface area contributed by atoms with Crippen molar-refractivity contribution in [3.05, 3.63) is 176 Å². The van der Waals surface area contributed by atoms with Crippen LogP contribution in [0.5, 0.6) is 0 Å². The number of hydrogen-bond donors (Lipinski definition) is 0. The van der Waals surface area contributed by atoms with Crippen molar-refractivity contribution in [1.29, 1.82) is 0 Å². The van der Waals surface area contributed by atoms with Crippen LogP contribution < -0.4 is 0 Å². The van der Waals surface area contributed by atoms with E-state index in [1.54, 1.807) is 0 Å². The van der Waals surface area contributed by atoms with E-state index >= 15 is 0 Å². The summed E-state index contributed by atoms with van der Waals surface area (Å²) in [7, 11) is 0. The maximum atomic E-state index is 6.68. The summed E-state index contributed by atoms with van der Waals surface area (Å²) < 4.78 is 6.68. The van der Waals surface area contributed by atoms with E-state index < -0.39 is 0 Å². The van der Waals surface area contributed by atoms with E-state index in [-0.39, 0.29) is 0 Å². The molecule has 0 saturated heterocycles. The summed E-state index contributed by atoms with van der Waals surface area (Å²) in [5.41, 5.74) is 8.86. The molecule has 0 aliphatic carbocycles. The lowest BCUT2D eigenvalue weighted by Crippen LogP contribution is -2.01. The molecule has 51 heavy (non-hydrogen) atoms. The Morgan fingerprint density at radius 1 is 0.333 bits per heavy atom. The largest absolute Gasteiger partial charge is 0.455 e. The predicted molar refractivity (Wildman–Crippen MR) is 209 cm³/mol. The van der Waals surface area contributed by atoms with Gasteiger partial charge in [-0.1, -0.05) is 152 Å². The summed E-state index contributed by atoms with van der Waals surface area (Å²) in [6, 6.07) is 60.9. The Hall–Kier alpha value is -6.91. The minimum absolute atomic E-state index is 0.596. The minimum atomic E-state index is 0.596. The van der Waals surface area contributed by atoms with Crippen molar-refractivity contribution in [2.45, 2.75) is 0 Å². The van der Waals surface area contributed by atoms with E-state index in [1.807, 2.05) is 48.5 Å². The molecule has 0 aliphatic heterocycles. The van der Waals surface area contributed by atoms with Gasteiger partial charge in [0.05, 0.1) is 0 Å². The van der Waals surface area contributed by atoms with E-state index in [2.05, 4.69) is 127 Å². The van der Waals surface area contributed by atoms with Gasteiger partial charge in [0.1, 0.15) is 11.2 Å². The number of nitrogens with zero attached hydrogens (tertiary/aromatic N) is 3. The Labute approximate surface area is 294 Å². The Bertz CT molecular complexity index is 2900. The highest BCUT2D eigenvalue weighted by Crippen LogP contribution is 2.42. The van der Waals surface area contributed by atoms with Gasteiger partial charge in [-0.2, -0.15) is 0 Å². The van der Waals surface area contributed by atoms with Crippen LogP contribution in [0.25, 0.3) is 99.9 Å². The lowest BCUT2D eigenvalue weighted by Gasteiger charge is -2.13. The smallest absolute Gasteiger partial charge is 0.164 e. The molecule has 0 fully saturated rings. The van der Waals surface area contributed by atoms with Crippen molar-refractivity contribution in [2.75, 3.05) is 0 Å². The maximum Gasteiger partial charge on any atom is 0.164 e. The van der Waals surface area contributed by atoms with Crippen LogP contribution in [0.2, 0.25) is 0 Å². The molecule has 238 valence electrons. The van der Waals surface area contributed by atoms with Crippen molar-refractivity contribution < 1.29 is 4.42 Å². The molecule has 0 spiro atoms. The fourth-order valence-electron chi connectivity index (χ4n) is 7.29. The Morgan fingerprint density at radius 2 is 0.863 bits per heavy atom. The monoisotopic (exact) mass is 651 g/mol. The molecule has 10 aromatic rings. The highest BCUT2D eigenvalue weighted by Gasteiger charge is 2.21. The predicted octanol–water partition coefficient (Wildman–Crippen LogP) is 12.4. The molecule has 0 N–H and O–H groups in total. The molecule has 2 heterocycles.